The van der Waals surface area contributed by atoms with Crippen LogP contribution in [-0.4, -0.2) is 11.5 Å². The van der Waals surface area contributed by atoms with Crippen LogP contribution in [0.1, 0.15) is 36.5 Å². The number of aromatic nitrogens is 1. The Morgan fingerprint density at radius 1 is 1.24 bits per heavy atom. The highest BCUT2D eigenvalue weighted by Crippen LogP contribution is 2.23. The average Bonchev–Trinajstić information content (AvgIpc) is 2.78. The number of nitrogens with zero attached hydrogens (tertiary/aromatic N) is 1. The molecule has 3 heteroatoms. The second-order valence-corrected chi connectivity index (χ2v) is 4.12. The van der Waals surface area contributed by atoms with Crippen molar-refractivity contribution in [2.45, 2.75) is 26.3 Å². The Labute approximate surface area is 102 Å². The Balaban J connectivity index is 2.25. The summed E-state index contributed by atoms with van der Waals surface area (Å²) >= 11 is 0. The van der Waals surface area contributed by atoms with Gasteiger partial charge >= 0.3 is 0 Å². The minimum absolute atomic E-state index is 0.117. The number of rotatable bonds is 5. The molecule has 0 aliphatic heterocycles. The normalized spacial score (nSPS) is 12.6. The molecule has 17 heavy (non-hydrogen) atoms. The van der Waals surface area contributed by atoms with Crippen LogP contribution < -0.4 is 5.32 Å². The summed E-state index contributed by atoms with van der Waals surface area (Å²) in [5.41, 5.74) is 1.18. The lowest BCUT2D eigenvalue weighted by atomic mass is 10.1. The largest absolute Gasteiger partial charge is 0.464 e. The fourth-order valence-electron chi connectivity index (χ4n) is 1.84. The molecule has 0 aromatic carbocycles. The zero-order chi connectivity index (χ0) is 12.1. The third kappa shape index (κ3) is 2.94. The standard InChI is InChI=1S/C14H18N2O/c1-3-8-16-14(12-6-9-15-10-7-12)13-5-4-11(2)17-13/h4-7,9-10,14,16H,3,8H2,1-2H3. The molecule has 2 aromatic heterocycles. The lowest BCUT2D eigenvalue weighted by Gasteiger charge is -2.16. The molecule has 1 unspecified atom stereocenters. The molecule has 1 N–H and O–H groups in total. The summed E-state index contributed by atoms with van der Waals surface area (Å²) in [5.74, 6) is 1.90. The Hall–Kier alpha value is -1.61. The Bertz CT molecular complexity index is 450. The maximum Gasteiger partial charge on any atom is 0.125 e. The first-order valence-electron chi connectivity index (χ1n) is 6.01. The summed E-state index contributed by atoms with van der Waals surface area (Å²) in [6.07, 6.45) is 4.72. The van der Waals surface area contributed by atoms with Crippen molar-refractivity contribution in [2.75, 3.05) is 6.54 Å². The summed E-state index contributed by atoms with van der Waals surface area (Å²) in [6.45, 7) is 5.09. The maximum atomic E-state index is 5.71. The van der Waals surface area contributed by atoms with E-state index in [0.29, 0.717) is 0 Å². The van der Waals surface area contributed by atoms with Gasteiger partial charge < -0.3 is 9.73 Å². The summed E-state index contributed by atoms with van der Waals surface area (Å²) in [5, 5.41) is 3.49. The second-order valence-electron chi connectivity index (χ2n) is 4.12. The smallest absolute Gasteiger partial charge is 0.125 e. The van der Waals surface area contributed by atoms with E-state index >= 15 is 0 Å². The Morgan fingerprint density at radius 3 is 2.59 bits per heavy atom. The number of nitrogens with one attached hydrogen (secondary N) is 1. The van der Waals surface area contributed by atoms with Gasteiger partial charge in [0.05, 0.1) is 6.04 Å². The first-order valence-corrected chi connectivity index (χ1v) is 6.01. The number of aryl methyl sites for hydroxylation is 1. The number of hydrogen-bond donors (Lipinski definition) is 1. The first-order chi connectivity index (χ1) is 8.31. The molecule has 0 saturated carbocycles. The van der Waals surface area contributed by atoms with E-state index < -0.39 is 0 Å². The number of pyridine rings is 1. The van der Waals surface area contributed by atoms with Gasteiger partial charge in [-0.25, -0.2) is 0 Å². The van der Waals surface area contributed by atoms with E-state index in [1.54, 1.807) is 0 Å². The molecule has 0 spiro atoms. The first kappa shape index (κ1) is 11.9. The van der Waals surface area contributed by atoms with E-state index in [4.69, 9.17) is 4.42 Å². The van der Waals surface area contributed by atoms with Gasteiger partial charge in [-0.2, -0.15) is 0 Å². The van der Waals surface area contributed by atoms with Gasteiger partial charge in [-0.1, -0.05) is 6.92 Å². The van der Waals surface area contributed by atoms with E-state index in [1.807, 2.05) is 43.6 Å². The lowest BCUT2D eigenvalue weighted by molar-refractivity contribution is 0.430. The molecule has 0 aliphatic carbocycles. The molecule has 3 nitrogen and oxygen atoms in total. The highest BCUT2D eigenvalue weighted by atomic mass is 16.3. The van der Waals surface area contributed by atoms with Gasteiger partial charge in [0, 0.05) is 12.4 Å². The lowest BCUT2D eigenvalue weighted by Crippen LogP contribution is -2.22. The van der Waals surface area contributed by atoms with Crippen LogP contribution in [-0.2, 0) is 0 Å². The third-order valence-electron chi connectivity index (χ3n) is 2.68. The van der Waals surface area contributed by atoms with E-state index in [1.165, 1.54) is 5.56 Å². The molecule has 0 bridgehead atoms. The molecule has 2 heterocycles. The van der Waals surface area contributed by atoms with E-state index in [0.717, 1.165) is 24.5 Å². The predicted octanol–water partition coefficient (Wildman–Crippen LogP) is 3.07. The minimum Gasteiger partial charge on any atom is -0.464 e. The van der Waals surface area contributed by atoms with Crippen LogP contribution in [0.25, 0.3) is 0 Å². The summed E-state index contributed by atoms with van der Waals surface area (Å²) < 4.78 is 5.71. The average molecular weight is 230 g/mol. The zero-order valence-corrected chi connectivity index (χ0v) is 10.3. The highest BCUT2D eigenvalue weighted by Gasteiger charge is 2.16. The maximum absolute atomic E-state index is 5.71. The summed E-state index contributed by atoms with van der Waals surface area (Å²) in [4.78, 5) is 4.05. The third-order valence-corrected chi connectivity index (χ3v) is 2.68. The van der Waals surface area contributed by atoms with Gasteiger partial charge in [0.15, 0.2) is 0 Å². The van der Waals surface area contributed by atoms with Crippen LogP contribution >= 0.6 is 0 Å². The highest BCUT2D eigenvalue weighted by molar-refractivity contribution is 5.25. The van der Waals surface area contributed by atoms with Crippen LogP contribution in [0.2, 0.25) is 0 Å². The quantitative estimate of drug-likeness (QED) is 0.857. The molecule has 0 fully saturated rings. The molecule has 1 atom stereocenters. The van der Waals surface area contributed by atoms with Crippen LogP contribution in [0.15, 0.2) is 41.1 Å². The van der Waals surface area contributed by atoms with E-state index in [2.05, 4.69) is 17.2 Å². The monoisotopic (exact) mass is 230 g/mol. The summed E-state index contributed by atoms with van der Waals surface area (Å²) in [6, 6.07) is 8.18. The van der Waals surface area contributed by atoms with Gasteiger partial charge in [0.2, 0.25) is 0 Å². The van der Waals surface area contributed by atoms with Crippen molar-refractivity contribution in [1.29, 1.82) is 0 Å². The van der Waals surface area contributed by atoms with Gasteiger partial charge in [0.25, 0.3) is 0 Å². The molecule has 90 valence electrons. The molecule has 0 saturated heterocycles. The molecule has 0 aliphatic rings. The SMILES string of the molecule is CCCNC(c1ccncc1)c1ccc(C)o1. The van der Waals surface area contributed by atoms with Gasteiger partial charge in [-0.05, 0) is 49.7 Å². The number of furan rings is 1. The Morgan fingerprint density at radius 2 is 2.00 bits per heavy atom. The molecular weight excluding hydrogens is 212 g/mol. The second kappa shape index (κ2) is 5.64. The van der Waals surface area contributed by atoms with Crippen molar-refractivity contribution >= 4 is 0 Å². The van der Waals surface area contributed by atoms with E-state index in [-0.39, 0.29) is 6.04 Å². The molecule has 2 rings (SSSR count). The zero-order valence-electron chi connectivity index (χ0n) is 10.3. The molecule has 2 aromatic rings. The number of hydrogen-bond acceptors (Lipinski definition) is 3. The van der Waals surface area contributed by atoms with Gasteiger partial charge in [-0.3, -0.25) is 4.98 Å². The molecular formula is C14H18N2O. The van der Waals surface area contributed by atoms with Crippen molar-refractivity contribution in [3.05, 3.63) is 53.7 Å². The summed E-state index contributed by atoms with van der Waals surface area (Å²) in [7, 11) is 0. The predicted molar refractivity (Wildman–Crippen MR) is 67.8 cm³/mol. The van der Waals surface area contributed by atoms with Gasteiger partial charge in [-0.15, -0.1) is 0 Å². The van der Waals surface area contributed by atoms with Crippen molar-refractivity contribution in [2.24, 2.45) is 0 Å². The van der Waals surface area contributed by atoms with Gasteiger partial charge in [0.1, 0.15) is 11.5 Å². The fourth-order valence-corrected chi connectivity index (χ4v) is 1.84. The fraction of sp³-hybridized carbons (Fsp3) is 0.357. The van der Waals surface area contributed by atoms with Crippen LogP contribution in [0.3, 0.4) is 0 Å². The van der Waals surface area contributed by atoms with Crippen molar-refractivity contribution in [1.82, 2.24) is 10.3 Å². The van der Waals surface area contributed by atoms with Crippen LogP contribution in [0, 0.1) is 6.92 Å². The molecule has 0 amide bonds. The van der Waals surface area contributed by atoms with Crippen molar-refractivity contribution in [3.8, 4) is 0 Å². The van der Waals surface area contributed by atoms with Crippen molar-refractivity contribution in [3.63, 3.8) is 0 Å². The molecule has 0 radical (unpaired) electrons. The minimum atomic E-state index is 0.117. The van der Waals surface area contributed by atoms with Crippen LogP contribution in [0.4, 0.5) is 0 Å². The van der Waals surface area contributed by atoms with Crippen LogP contribution in [0.5, 0.6) is 0 Å². The topological polar surface area (TPSA) is 38.1 Å². The van der Waals surface area contributed by atoms with Crippen molar-refractivity contribution < 1.29 is 4.42 Å². The Kier molecular flexibility index (Phi) is 3.94. The van der Waals surface area contributed by atoms with E-state index in [9.17, 15) is 0 Å².